The van der Waals surface area contributed by atoms with Crippen LogP contribution >= 0.6 is 0 Å². The molecule has 1 atom stereocenters. The van der Waals surface area contributed by atoms with Crippen LogP contribution < -0.4 is 10.1 Å². The van der Waals surface area contributed by atoms with Gasteiger partial charge in [0.05, 0.1) is 18.8 Å². The molecular formula is C13H17N3O. The van der Waals surface area contributed by atoms with E-state index in [1.165, 1.54) is 24.2 Å². The molecule has 0 aliphatic carbocycles. The maximum absolute atomic E-state index is 5.23. The molecule has 3 heterocycles. The molecule has 1 N–H and O–H groups in total. The van der Waals surface area contributed by atoms with E-state index in [-0.39, 0.29) is 0 Å². The van der Waals surface area contributed by atoms with Crippen molar-refractivity contribution < 1.29 is 4.74 Å². The quantitative estimate of drug-likeness (QED) is 0.860. The lowest BCUT2D eigenvalue weighted by molar-refractivity contribution is 0.414. The molecule has 3 rings (SSSR count). The third-order valence-electron chi connectivity index (χ3n) is 3.50. The van der Waals surface area contributed by atoms with Gasteiger partial charge in [0.2, 0.25) is 0 Å². The molecule has 1 unspecified atom stereocenters. The van der Waals surface area contributed by atoms with Gasteiger partial charge in [-0.05, 0) is 32.4 Å². The first-order valence-electron chi connectivity index (χ1n) is 6.05. The smallest absolute Gasteiger partial charge is 0.141 e. The Bertz CT molecular complexity index is 541. The predicted molar refractivity (Wildman–Crippen MR) is 66.5 cm³/mol. The number of nitrogens with zero attached hydrogens (tertiary/aromatic N) is 2. The topological polar surface area (TPSA) is 38.6 Å². The molecule has 90 valence electrons. The van der Waals surface area contributed by atoms with E-state index >= 15 is 0 Å². The highest BCUT2D eigenvalue weighted by molar-refractivity contribution is 5.48. The average Bonchev–Trinajstić information content (AvgIpc) is 2.97. The lowest BCUT2D eigenvalue weighted by Gasteiger charge is -2.07. The van der Waals surface area contributed by atoms with Gasteiger partial charge in [0.25, 0.3) is 0 Å². The Balaban J connectivity index is 2.10. The van der Waals surface area contributed by atoms with Crippen molar-refractivity contribution in [3.05, 3.63) is 29.7 Å². The van der Waals surface area contributed by atoms with Gasteiger partial charge in [0.1, 0.15) is 11.4 Å². The van der Waals surface area contributed by atoms with Crippen molar-refractivity contribution in [1.82, 2.24) is 14.7 Å². The zero-order valence-electron chi connectivity index (χ0n) is 10.2. The van der Waals surface area contributed by atoms with Crippen molar-refractivity contribution in [2.75, 3.05) is 13.7 Å². The number of imidazole rings is 1. The van der Waals surface area contributed by atoms with Gasteiger partial charge in [-0.25, -0.2) is 4.98 Å². The van der Waals surface area contributed by atoms with E-state index in [0.29, 0.717) is 6.04 Å². The van der Waals surface area contributed by atoms with Gasteiger partial charge in [-0.2, -0.15) is 0 Å². The summed E-state index contributed by atoms with van der Waals surface area (Å²) in [5.74, 6) is 0.855. The first-order valence-corrected chi connectivity index (χ1v) is 6.05. The van der Waals surface area contributed by atoms with E-state index in [2.05, 4.69) is 16.6 Å². The van der Waals surface area contributed by atoms with Crippen molar-refractivity contribution in [3.8, 4) is 5.75 Å². The number of ether oxygens (including phenoxy) is 1. The van der Waals surface area contributed by atoms with Gasteiger partial charge in [-0.15, -0.1) is 0 Å². The third-order valence-corrected chi connectivity index (χ3v) is 3.50. The lowest BCUT2D eigenvalue weighted by atomic mass is 10.1. The number of methoxy groups -OCH3 is 1. The average molecular weight is 231 g/mol. The van der Waals surface area contributed by atoms with Crippen LogP contribution in [0.5, 0.6) is 5.75 Å². The molecule has 0 bridgehead atoms. The minimum absolute atomic E-state index is 0.417. The Hall–Kier alpha value is -1.55. The van der Waals surface area contributed by atoms with Gasteiger partial charge in [-0.1, -0.05) is 0 Å². The van der Waals surface area contributed by atoms with Crippen LogP contribution in [-0.2, 0) is 0 Å². The van der Waals surface area contributed by atoms with E-state index < -0.39 is 0 Å². The summed E-state index contributed by atoms with van der Waals surface area (Å²) in [7, 11) is 1.68. The molecule has 0 spiro atoms. The summed E-state index contributed by atoms with van der Waals surface area (Å²) in [5.41, 5.74) is 3.36. The zero-order valence-corrected chi connectivity index (χ0v) is 10.2. The summed E-state index contributed by atoms with van der Waals surface area (Å²) in [6, 6.07) is 4.36. The molecule has 1 aliphatic rings. The molecule has 17 heavy (non-hydrogen) atoms. The highest BCUT2D eigenvalue weighted by Gasteiger charge is 2.21. The summed E-state index contributed by atoms with van der Waals surface area (Å²) < 4.78 is 7.35. The summed E-state index contributed by atoms with van der Waals surface area (Å²) in [4.78, 5) is 4.72. The van der Waals surface area contributed by atoms with Crippen LogP contribution in [0.1, 0.15) is 30.3 Å². The van der Waals surface area contributed by atoms with Crippen LogP contribution in [0.25, 0.3) is 5.65 Å². The second-order valence-electron chi connectivity index (χ2n) is 4.53. The number of fused-ring (bicyclic) bond motifs is 1. The molecule has 1 saturated heterocycles. The van der Waals surface area contributed by atoms with Crippen molar-refractivity contribution in [2.45, 2.75) is 25.8 Å². The number of hydrogen-bond donors (Lipinski definition) is 1. The normalized spacial score (nSPS) is 20.0. The van der Waals surface area contributed by atoms with Crippen molar-refractivity contribution in [1.29, 1.82) is 0 Å². The summed E-state index contributed by atoms with van der Waals surface area (Å²) >= 11 is 0. The third kappa shape index (κ3) is 1.69. The maximum atomic E-state index is 5.23. The molecule has 4 nitrogen and oxygen atoms in total. The van der Waals surface area contributed by atoms with Crippen molar-refractivity contribution in [3.63, 3.8) is 0 Å². The molecule has 4 heteroatoms. The first kappa shape index (κ1) is 10.6. The zero-order chi connectivity index (χ0) is 11.8. The van der Waals surface area contributed by atoms with E-state index in [9.17, 15) is 0 Å². The maximum Gasteiger partial charge on any atom is 0.141 e. The number of rotatable bonds is 2. The molecular weight excluding hydrogens is 214 g/mol. The number of aromatic nitrogens is 2. The monoisotopic (exact) mass is 231 g/mol. The van der Waals surface area contributed by atoms with E-state index in [1.54, 1.807) is 7.11 Å². The van der Waals surface area contributed by atoms with Gasteiger partial charge in [0.15, 0.2) is 0 Å². The minimum atomic E-state index is 0.417. The fraction of sp³-hybridized carbons (Fsp3) is 0.462. The summed E-state index contributed by atoms with van der Waals surface area (Å²) in [6.45, 7) is 3.23. The number of aryl methyl sites for hydroxylation is 1. The second-order valence-corrected chi connectivity index (χ2v) is 4.53. The standard InChI is InChI=1S/C13H17N3O/c1-9-13(11-4-3-6-14-11)15-12-8-10(17-2)5-7-16(9)12/h5,7-8,11,14H,3-4,6H2,1-2H3. The fourth-order valence-corrected chi connectivity index (χ4v) is 2.54. The van der Waals surface area contributed by atoms with Crippen LogP contribution in [0.2, 0.25) is 0 Å². The molecule has 0 saturated carbocycles. The van der Waals surface area contributed by atoms with Gasteiger partial charge >= 0.3 is 0 Å². The number of nitrogens with one attached hydrogen (secondary N) is 1. The van der Waals surface area contributed by atoms with Crippen LogP contribution in [0.4, 0.5) is 0 Å². The molecule has 2 aromatic rings. The molecule has 1 fully saturated rings. The van der Waals surface area contributed by atoms with Crippen molar-refractivity contribution >= 4 is 5.65 Å². The Labute approximate surface area is 101 Å². The minimum Gasteiger partial charge on any atom is -0.497 e. The summed E-state index contributed by atoms with van der Waals surface area (Å²) in [5, 5.41) is 3.50. The number of hydrogen-bond acceptors (Lipinski definition) is 3. The van der Waals surface area contributed by atoms with Crippen LogP contribution in [0.3, 0.4) is 0 Å². The highest BCUT2D eigenvalue weighted by atomic mass is 16.5. The largest absolute Gasteiger partial charge is 0.497 e. The van der Waals surface area contributed by atoms with Crippen LogP contribution in [-0.4, -0.2) is 23.0 Å². The van der Waals surface area contributed by atoms with Crippen LogP contribution in [0, 0.1) is 6.92 Å². The lowest BCUT2D eigenvalue weighted by Crippen LogP contribution is -2.14. The Morgan fingerprint density at radius 1 is 1.53 bits per heavy atom. The molecule has 2 aromatic heterocycles. The predicted octanol–water partition coefficient (Wildman–Crippen LogP) is 2.08. The Kier molecular flexibility index (Phi) is 2.52. The van der Waals surface area contributed by atoms with Crippen molar-refractivity contribution in [2.24, 2.45) is 0 Å². The number of pyridine rings is 1. The summed E-state index contributed by atoms with van der Waals surface area (Å²) in [6.07, 6.45) is 4.44. The van der Waals surface area contributed by atoms with Gasteiger partial charge in [0, 0.05) is 18.0 Å². The fourth-order valence-electron chi connectivity index (χ4n) is 2.54. The molecule has 1 aliphatic heterocycles. The van der Waals surface area contributed by atoms with Crippen LogP contribution in [0.15, 0.2) is 18.3 Å². The van der Waals surface area contributed by atoms with E-state index in [0.717, 1.165) is 17.9 Å². The SMILES string of the molecule is COc1ccn2c(C)c(C3CCCN3)nc2c1. The van der Waals surface area contributed by atoms with E-state index in [4.69, 9.17) is 9.72 Å². The van der Waals surface area contributed by atoms with Gasteiger partial charge in [-0.3, -0.25) is 0 Å². The van der Waals surface area contributed by atoms with E-state index in [1.807, 2.05) is 18.3 Å². The Morgan fingerprint density at radius 2 is 2.41 bits per heavy atom. The molecule has 0 amide bonds. The van der Waals surface area contributed by atoms with Gasteiger partial charge < -0.3 is 14.5 Å². The second kappa shape index (κ2) is 4.04. The Morgan fingerprint density at radius 3 is 3.12 bits per heavy atom. The highest BCUT2D eigenvalue weighted by Crippen LogP contribution is 2.26. The first-order chi connectivity index (χ1) is 8.29. The molecule has 0 radical (unpaired) electrons. The molecule has 0 aromatic carbocycles.